The van der Waals surface area contributed by atoms with Gasteiger partial charge in [-0.05, 0) is 54.5 Å². The van der Waals surface area contributed by atoms with E-state index in [1.807, 2.05) is 89.6 Å². The number of pyridine rings is 1. The number of hydrogen-bond donors (Lipinski definition) is 1. The number of carbonyl (C=O) groups is 1. The Morgan fingerprint density at radius 2 is 1.86 bits per heavy atom. The molecule has 0 atom stereocenters. The summed E-state index contributed by atoms with van der Waals surface area (Å²) in [7, 11) is 0. The van der Waals surface area contributed by atoms with Crippen molar-refractivity contribution in [2.75, 3.05) is 5.32 Å². The minimum Gasteiger partial charge on any atom is -0.439 e. The van der Waals surface area contributed by atoms with Crippen molar-refractivity contribution in [2.45, 2.75) is 6.92 Å². The number of carbonyl (C=O) groups excluding carboxylic acids is 1. The first kappa shape index (κ1) is 22.1. The predicted molar refractivity (Wildman–Crippen MR) is 139 cm³/mol. The van der Waals surface area contributed by atoms with Crippen LogP contribution in [0.5, 0.6) is 11.6 Å². The molecular formula is C28H20N4O2S. The first-order valence-corrected chi connectivity index (χ1v) is 11.7. The fraction of sp³-hybridized carbons (Fsp3) is 0.0357. The summed E-state index contributed by atoms with van der Waals surface area (Å²) in [4.78, 5) is 16.9. The lowest BCUT2D eigenvalue weighted by Gasteiger charge is -2.10. The smallest absolute Gasteiger partial charge is 0.247 e. The molecule has 0 aliphatic carbocycles. The van der Waals surface area contributed by atoms with E-state index in [2.05, 4.69) is 22.9 Å². The monoisotopic (exact) mass is 476 g/mol. The number of aryl methyl sites for hydroxylation is 1. The molecule has 0 bridgehead atoms. The highest BCUT2D eigenvalue weighted by molar-refractivity contribution is 7.15. The second-order valence-corrected chi connectivity index (χ2v) is 8.70. The number of aromatic nitrogens is 2. The van der Waals surface area contributed by atoms with Gasteiger partial charge in [0.05, 0.1) is 11.3 Å². The highest BCUT2D eigenvalue weighted by atomic mass is 32.1. The number of rotatable bonds is 6. The van der Waals surface area contributed by atoms with Gasteiger partial charge in [0, 0.05) is 34.6 Å². The number of thiazole rings is 1. The molecule has 0 aliphatic heterocycles. The zero-order valence-corrected chi connectivity index (χ0v) is 19.7. The van der Waals surface area contributed by atoms with Gasteiger partial charge in [-0.2, -0.15) is 5.26 Å². The van der Waals surface area contributed by atoms with Crippen LogP contribution in [0.4, 0.5) is 5.69 Å². The molecule has 7 heteroatoms. The van der Waals surface area contributed by atoms with Gasteiger partial charge in [0.2, 0.25) is 11.8 Å². The number of amides is 1. The standard InChI is InChI=1S/C28H20N4O2S/c1-3-24(33)31-21-11-7-20(8-12-21)27-26(23(17-29)28-32(27)15-16-35-28)19-9-13-22(14-10-19)34-25-6-4-5-18(2)30-25/h3-16H,1H2,2H3,(H,31,33). The molecule has 6 nitrogen and oxygen atoms in total. The molecule has 5 rings (SSSR count). The van der Waals surface area contributed by atoms with Gasteiger partial charge in [0.25, 0.3) is 0 Å². The van der Waals surface area contributed by atoms with Gasteiger partial charge in [0.1, 0.15) is 16.6 Å². The molecule has 0 spiro atoms. The summed E-state index contributed by atoms with van der Waals surface area (Å²) >= 11 is 1.52. The number of anilines is 1. The Labute approximate surface area is 206 Å². The van der Waals surface area contributed by atoms with Crippen LogP contribution in [0, 0.1) is 18.3 Å². The quantitative estimate of drug-likeness (QED) is 0.273. The number of ether oxygens (including phenoxy) is 1. The van der Waals surface area contributed by atoms with Crippen molar-refractivity contribution in [3.63, 3.8) is 0 Å². The third kappa shape index (κ3) is 4.31. The molecule has 1 N–H and O–H groups in total. The Kier molecular flexibility index (Phi) is 5.88. The number of nitrogens with one attached hydrogen (secondary N) is 1. The van der Waals surface area contributed by atoms with Crippen LogP contribution in [0.25, 0.3) is 27.2 Å². The summed E-state index contributed by atoms with van der Waals surface area (Å²) in [5.74, 6) is 0.927. The molecule has 0 saturated carbocycles. The van der Waals surface area contributed by atoms with Crippen LogP contribution in [-0.4, -0.2) is 15.3 Å². The van der Waals surface area contributed by atoms with E-state index < -0.39 is 0 Å². The van der Waals surface area contributed by atoms with E-state index in [1.165, 1.54) is 17.4 Å². The summed E-state index contributed by atoms with van der Waals surface area (Å²) in [6.07, 6.45) is 3.20. The molecule has 170 valence electrons. The zero-order chi connectivity index (χ0) is 24.4. The average Bonchev–Trinajstić information content (AvgIpc) is 3.45. The molecule has 1 amide bonds. The minimum atomic E-state index is -0.267. The average molecular weight is 477 g/mol. The first-order valence-electron chi connectivity index (χ1n) is 10.8. The fourth-order valence-electron chi connectivity index (χ4n) is 3.94. The number of hydrogen-bond acceptors (Lipinski definition) is 5. The molecule has 5 aromatic rings. The van der Waals surface area contributed by atoms with Crippen LogP contribution < -0.4 is 10.1 Å². The van der Waals surface area contributed by atoms with Crippen molar-refractivity contribution >= 4 is 27.8 Å². The lowest BCUT2D eigenvalue weighted by molar-refractivity contribution is -0.111. The summed E-state index contributed by atoms with van der Waals surface area (Å²) in [5.41, 5.74) is 5.76. The van der Waals surface area contributed by atoms with Gasteiger partial charge < -0.3 is 14.5 Å². The molecule has 0 radical (unpaired) electrons. The van der Waals surface area contributed by atoms with Crippen molar-refractivity contribution in [2.24, 2.45) is 0 Å². The molecule has 35 heavy (non-hydrogen) atoms. The van der Waals surface area contributed by atoms with E-state index >= 15 is 0 Å². The van der Waals surface area contributed by atoms with Gasteiger partial charge in [-0.1, -0.05) is 36.9 Å². The molecule has 2 aromatic carbocycles. The summed E-state index contributed by atoms with van der Waals surface area (Å²) in [6, 6.07) is 23.2. The second kappa shape index (κ2) is 9.29. The van der Waals surface area contributed by atoms with Crippen LogP contribution in [0.15, 0.2) is 91.0 Å². The Bertz CT molecular complexity index is 1590. The number of benzene rings is 2. The van der Waals surface area contributed by atoms with Gasteiger partial charge in [-0.15, -0.1) is 11.3 Å². The molecule has 0 fully saturated rings. The van der Waals surface area contributed by atoms with Crippen LogP contribution >= 0.6 is 11.3 Å². The SMILES string of the molecule is C=CC(=O)Nc1ccc(-c2c(-c3ccc(Oc4cccc(C)n4)cc3)c(C#N)c3sccn23)cc1. The van der Waals surface area contributed by atoms with E-state index in [0.717, 1.165) is 32.9 Å². The van der Waals surface area contributed by atoms with E-state index in [9.17, 15) is 10.1 Å². The summed E-state index contributed by atoms with van der Waals surface area (Å²) in [6.45, 7) is 5.40. The maximum atomic E-state index is 11.6. The number of nitrogens with zero attached hydrogens (tertiary/aromatic N) is 3. The van der Waals surface area contributed by atoms with Crippen LogP contribution in [0.2, 0.25) is 0 Å². The fourth-order valence-corrected chi connectivity index (χ4v) is 4.78. The number of fused-ring (bicyclic) bond motifs is 1. The Hall–Kier alpha value is -4.67. The molecule has 0 unspecified atom stereocenters. The molecule has 3 heterocycles. The van der Waals surface area contributed by atoms with Crippen molar-refractivity contribution in [3.05, 3.63) is 102 Å². The zero-order valence-electron chi connectivity index (χ0n) is 18.9. The van der Waals surface area contributed by atoms with E-state index in [4.69, 9.17) is 4.74 Å². The van der Waals surface area contributed by atoms with Crippen LogP contribution in [-0.2, 0) is 4.79 Å². The lowest BCUT2D eigenvalue weighted by Crippen LogP contribution is -2.06. The topological polar surface area (TPSA) is 79.4 Å². The van der Waals surface area contributed by atoms with Gasteiger partial charge >= 0.3 is 0 Å². The molecule has 0 aliphatic rings. The molecular weight excluding hydrogens is 456 g/mol. The van der Waals surface area contributed by atoms with Crippen molar-refractivity contribution < 1.29 is 9.53 Å². The Morgan fingerprint density at radius 3 is 2.54 bits per heavy atom. The summed E-state index contributed by atoms with van der Waals surface area (Å²) in [5, 5.41) is 14.8. The van der Waals surface area contributed by atoms with Crippen molar-refractivity contribution in [3.8, 4) is 40.1 Å². The van der Waals surface area contributed by atoms with Gasteiger partial charge in [0.15, 0.2) is 0 Å². The van der Waals surface area contributed by atoms with Crippen molar-refractivity contribution in [1.82, 2.24) is 9.38 Å². The second-order valence-electron chi connectivity index (χ2n) is 7.80. The van der Waals surface area contributed by atoms with Gasteiger partial charge in [-0.3, -0.25) is 4.79 Å². The summed E-state index contributed by atoms with van der Waals surface area (Å²) < 4.78 is 7.94. The lowest BCUT2D eigenvalue weighted by atomic mass is 9.98. The molecule has 0 saturated heterocycles. The highest BCUT2D eigenvalue weighted by Crippen LogP contribution is 2.41. The normalized spacial score (nSPS) is 10.6. The van der Waals surface area contributed by atoms with Gasteiger partial charge in [-0.25, -0.2) is 4.98 Å². The van der Waals surface area contributed by atoms with Crippen LogP contribution in [0.1, 0.15) is 11.3 Å². The predicted octanol–water partition coefficient (Wildman–Crippen LogP) is 6.83. The molecule has 3 aromatic heterocycles. The largest absolute Gasteiger partial charge is 0.439 e. The number of nitriles is 1. The van der Waals surface area contributed by atoms with Crippen molar-refractivity contribution in [1.29, 1.82) is 5.26 Å². The van der Waals surface area contributed by atoms with E-state index in [1.54, 1.807) is 0 Å². The highest BCUT2D eigenvalue weighted by Gasteiger charge is 2.22. The Balaban J connectivity index is 1.56. The maximum absolute atomic E-state index is 11.6. The van der Waals surface area contributed by atoms with E-state index in [-0.39, 0.29) is 5.91 Å². The minimum absolute atomic E-state index is 0.267. The first-order chi connectivity index (χ1) is 17.1. The third-order valence-electron chi connectivity index (χ3n) is 5.50. The maximum Gasteiger partial charge on any atom is 0.247 e. The third-order valence-corrected chi connectivity index (χ3v) is 6.38. The van der Waals surface area contributed by atoms with Crippen LogP contribution in [0.3, 0.4) is 0 Å². The Morgan fingerprint density at radius 1 is 1.11 bits per heavy atom. The van der Waals surface area contributed by atoms with E-state index in [0.29, 0.717) is 22.9 Å².